The second-order valence-corrected chi connectivity index (χ2v) is 6.93. The normalized spacial score (nSPS) is 11.6. The molecule has 0 radical (unpaired) electrons. The lowest BCUT2D eigenvalue weighted by Gasteiger charge is -2.17. The quantitative estimate of drug-likeness (QED) is 0.779. The Morgan fingerprint density at radius 1 is 1.12 bits per heavy atom. The number of amides is 2. The average Bonchev–Trinajstić information content (AvgIpc) is 2.59. The molecule has 0 saturated carbocycles. The van der Waals surface area contributed by atoms with Crippen LogP contribution in [0.3, 0.4) is 0 Å². The summed E-state index contributed by atoms with van der Waals surface area (Å²) < 4.78 is 0. The molecule has 0 aliphatic rings. The third-order valence-corrected chi connectivity index (χ3v) is 4.34. The number of anilines is 1. The predicted molar refractivity (Wildman–Crippen MR) is 106 cm³/mol. The molecule has 2 aromatic carbocycles. The molecule has 138 valence electrons. The minimum absolute atomic E-state index is 0.0785. The molecule has 0 heterocycles. The summed E-state index contributed by atoms with van der Waals surface area (Å²) in [6.07, 6.45) is 0. The number of nitrogens with one attached hydrogen (secondary N) is 2. The largest absolute Gasteiger partial charge is 0.376 e. The first-order chi connectivity index (χ1) is 12.3. The maximum Gasteiger partial charge on any atom is 0.253 e. The third-order valence-electron chi connectivity index (χ3n) is 3.78. The van der Waals surface area contributed by atoms with E-state index in [9.17, 15) is 9.59 Å². The molecule has 2 amide bonds. The van der Waals surface area contributed by atoms with E-state index < -0.39 is 0 Å². The summed E-state index contributed by atoms with van der Waals surface area (Å²) in [5, 5.41) is 6.96. The summed E-state index contributed by atoms with van der Waals surface area (Å²) in [6, 6.07) is 11.9. The predicted octanol–water partition coefficient (Wildman–Crippen LogP) is 3.98. The van der Waals surface area contributed by atoms with Crippen molar-refractivity contribution in [3.05, 3.63) is 63.6 Å². The number of nitrogens with zero attached hydrogens (tertiary/aromatic N) is 1. The van der Waals surface area contributed by atoms with Gasteiger partial charge in [0.25, 0.3) is 5.91 Å². The van der Waals surface area contributed by atoms with Gasteiger partial charge in [-0.25, -0.2) is 0 Å². The molecule has 0 bridgehead atoms. The summed E-state index contributed by atoms with van der Waals surface area (Å²) in [5.74, 6) is -0.281. The summed E-state index contributed by atoms with van der Waals surface area (Å²) >= 11 is 12.1. The number of halogens is 2. The molecule has 2 rings (SSSR count). The van der Waals surface area contributed by atoms with Gasteiger partial charge in [0.2, 0.25) is 5.91 Å². The van der Waals surface area contributed by atoms with Gasteiger partial charge >= 0.3 is 0 Å². The van der Waals surface area contributed by atoms with E-state index in [1.54, 1.807) is 56.6 Å². The zero-order valence-electron chi connectivity index (χ0n) is 14.8. The van der Waals surface area contributed by atoms with Crippen LogP contribution in [0.2, 0.25) is 10.0 Å². The fraction of sp³-hybridized carbons (Fsp3) is 0.263. The summed E-state index contributed by atoms with van der Waals surface area (Å²) in [5.41, 5.74) is 2.05. The Morgan fingerprint density at radius 2 is 1.85 bits per heavy atom. The van der Waals surface area contributed by atoms with Crippen molar-refractivity contribution in [3.8, 4) is 0 Å². The van der Waals surface area contributed by atoms with Crippen LogP contribution in [0.1, 0.15) is 28.9 Å². The minimum Gasteiger partial charge on any atom is -0.376 e. The van der Waals surface area contributed by atoms with Gasteiger partial charge in [-0.3, -0.25) is 9.59 Å². The highest BCUT2D eigenvalue weighted by molar-refractivity contribution is 6.35. The van der Waals surface area contributed by atoms with Crippen LogP contribution >= 0.6 is 23.2 Å². The molecule has 2 aromatic rings. The van der Waals surface area contributed by atoms with Crippen LogP contribution in [-0.4, -0.2) is 37.4 Å². The molecule has 0 unspecified atom stereocenters. The fourth-order valence-corrected chi connectivity index (χ4v) is 3.00. The Kier molecular flexibility index (Phi) is 6.89. The van der Waals surface area contributed by atoms with Crippen molar-refractivity contribution < 1.29 is 9.59 Å². The van der Waals surface area contributed by atoms with Gasteiger partial charge in [-0.2, -0.15) is 0 Å². The number of rotatable bonds is 6. The fourth-order valence-electron chi connectivity index (χ4n) is 2.43. The van der Waals surface area contributed by atoms with E-state index in [1.165, 1.54) is 4.90 Å². The molecule has 0 fully saturated rings. The van der Waals surface area contributed by atoms with E-state index in [4.69, 9.17) is 23.2 Å². The highest BCUT2D eigenvalue weighted by Gasteiger charge is 2.13. The highest BCUT2D eigenvalue weighted by Crippen LogP contribution is 2.26. The van der Waals surface area contributed by atoms with Crippen LogP contribution in [0.15, 0.2) is 42.5 Å². The standard InChI is InChI=1S/C19H21Cl2N3O2/c1-12(16-8-7-14(20)10-17(16)21)23-18(25)11-22-15-6-4-5-13(9-15)19(26)24(2)3/h4-10,12,22H,11H2,1-3H3,(H,23,25)/t12-/m1/s1. The van der Waals surface area contributed by atoms with Gasteiger partial charge in [0, 0.05) is 35.4 Å². The monoisotopic (exact) mass is 393 g/mol. The second-order valence-electron chi connectivity index (χ2n) is 6.09. The van der Waals surface area contributed by atoms with E-state index in [0.717, 1.165) is 5.56 Å². The maximum absolute atomic E-state index is 12.2. The number of carbonyl (C=O) groups excluding carboxylic acids is 2. The number of carbonyl (C=O) groups is 2. The lowest BCUT2D eigenvalue weighted by Crippen LogP contribution is -2.32. The van der Waals surface area contributed by atoms with Gasteiger partial charge in [-0.15, -0.1) is 0 Å². The molecule has 0 aromatic heterocycles. The second kappa shape index (κ2) is 8.92. The number of hydrogen-bond donors (Lipinski definition) is 2. The van der Waals surface area contributed by atoms with Gasteiger partial charge in [-0.1, -0.05) is 35.3 Å². The van der Waals surface area contributed by atoms with Crippen molar-refractivity contribution >= 4 is 40.7 Å². The van der Waals surface area contributed by atoms with Crippen molar-refractivity contribution in [1.82, 2.24) is 10.2 Å². The van der Waals surface area contributed by atoms with Gasteiger partial charge in [0.05, 0.1) is 12.6 Å². The van der Waals surface area contributed by atoms with Gasteiger partial charge in [0.1, 0.15) is 0 Å². The molecule has 0 aliphatic heterocycles. The summed E-state index contributed by atoms with van der Waals surface area (Å²) in [6.45, 7) is 1.93. The van der Waals surface area contributed by atoms with Crippen LogP contribution in [0.5, 0.6) is 0 Å². The van der Waals surface area contributed by atoms with Crippen molar-refractivity contribution in [3.63, 3.8) is 0 Å². The van der Waals surface area contributed by atoms with Crippen molar-refractivity contribution in [1.29, 1.82) is 0 Å². The van der Waals surface area contributed by atoms with E-state index in [2.05, 4.69) is 10.6 Å². The zero-order chi connectivity index (χ0) is 19.3. The number of benzene rings is 2. The Bertz CT molecular complexity index is 809. The number of hydrogen-bond acceptors (Lipinski definition) is 3. The Morgan fingerprint density at radius 3 is 2.50 bits per heavy atom. The molecule has 26 heavy (non-hydrogen) atoms. The van der Waals surface area contributed by atoms with Gasteiger partial charge in [0.15, 0.2) is 0 Å². The van der Waals surface area contributed by atoms with Crippen molar-refractivity contribution in [2.45, 2.75) is 13.0 Å². The molecule has 5 nitrogen and oxygen atoms in total. The van der Waals surface area contributed by atoms with Crippen LogP contribution < -0.4 is 10.6 Å². The molecule has 0 aliphatic carbocycles. The molecule has 2 N–H and O–H groups in total. The Labute approximate surface area is 163 Å². The lowest BCUT2D eigenvalue weighted by atomic mass is 10.1. The van der Waals surface area contributed by atoms with Crippen molar-refractivity contribution in [2.75, 3.05) is 26.0 Å². The SMILES string of the molecule is C[C@@H](NC(=O)CNc1cccc(C(=O)N(C)C)c1)c1ccc(Cl)cc1Cl. The van der Waals surface area contributed by atoms with Crippen molar-refractivity contribution in [2.24, 2.45) is 0 Å². The molecule has 0 saturated heterocycles. The smallest absolute Gasteiger partial charge is 0.253 e. The van der Waals surface area contributed by atoms with E-state index in [-0.39, 0.29) is 24.4 Å². The Hall–Kier alpha value is -2.24. The third kappa shape index (κ3) is 5.38. The average molecular weight is 394 g/mol. The Balaban J connectivity index is 1.94. The van der Waals surface area contributed by atoms with Gasteiger partial charge < -0.3 is 15.5 Å². The van der Waals surface area contributed by atoms with E-state index >= 15 is 0 Å². The lowest BCUT2D eigenvalue weighted by molar-refractivity contribution is -0.120. The minimum atomic E-state index is -0.254. The molecular weight excluding hydrogens is 373 g/mol. The first kappa shape index (κ1) is 20.1. The van der Waals surface area contributed by atoms with Crippen LogP contribution in [-0.2, 0) is 4.79 Å². The van der Waals surface area contributed by atoms with E-state index in [1.807, 2.05) is 6.92 Å². The van der Waals surface area contributed by atoms with Crippen LogP contribution in [0.4, 0.5) is 5.69 Å². The van der Waals surface area contributed by atoms with Gasteiger partial charge in [-0.05, 0) is 42.8 Å². The topological polar surface area (TPSA) is 61.4 Å². The summed E-state index contributed by atoms with van der Waals surface area (Å²) in [4.78, 5) is 25.7. The highest BCUT2D eigenvalue weighted by atomic mass is 35.5. The first-order valence-electron chi connectivity index (χ1n) is 8.08. The molecule has 0 spiro atoms. The first-order valence-corrected chi connectivity index (χ1v) is 8.83. The zero-order valence-corrected chi connectivity index (χ0v) is 16.4. The molecule has 1 atom stereocenters. The van der Waals surface area contributed by atoms with Crippen LogP contribution in [0.25, 0.3) is 0 Å². The summed E-state index contributed by atoms with van der Waals surface area (Å²) in [7, 11) is 3.39. The van der Waals surface area contributed by atoms with E-state index in [0.29, 0.717) is 21.3 Å². The molecule has 7 heteroatoms. The molecular formula is C19H21Cl2N3O2. The van der Waals surface area contributed by atoms with Crippen LogP contribution in [0, 0.1) is 0 Å². The maximum atomic E-state index is 12.2.